The van der Waals surface area contributed by atoms with E-state index in [1.54, 1.807) is 0 Å². The Bertz CT molecular complexity index is 336. The highest BCUT2D eigenvalue weighted by Crippen LogP contribution is 2.20. The first kappa shape index (κ1) is 11.0. The van der Waals surface area contributed by atoms with Gasteiger partial charge in [0.1, 0.15) is 17.5 Å². The van der Waals surface area contributed by atoms with Crippen molar-refractivity contribution in [2.24, 2.45) is 0 Å². The minimum Gasteiger partial charge on any atom is -0.208 e. The van der Waals surface area contributed by atoms with Crippen LogP contribution in [0.25, 0.3) is 0 Å². The van der Waals surface area contributed by atoms with Gasteiger partial charge >= 0.3 is 14.1 Å². The molecule has 1 aromatic rings. The van der Waals surface area contributed by atoms with Gasteiger partial charge in [-0.1, -0.05) is 29.8 Å². The van der Waals surface area contributed by atoms with Crippen LogP contribution in [0.15, 0.2) is 12.1 Å². The van der Waals surface area contributed by atoms with E-state index in [1.165, 1.54) is 0 Å². The van der Waals surface area contributed by atoms with Crippen molar-refractivity contribution >= 4 is 18.6 Å². The highest BCUT2D eigenvalue weighted by molar-refractivity contribution is 6.73. The molecule has 0 aromatic heterocycles. The van der Waals surface area contributed by atoms with Crippen LogP contribution in [0.2, 0.25) is 10.6 Å². The van der Waals surface area contributed by atoms with E-state index in [0.717, 1.165) is 42.0 Å². The largest absolute Gasteiger partial charge is 0.315 e. The number of halogens is 3. The van der Waals surface area contributed by atoms with Crippen LogP contribution in [0, 0.1) is 17.5 Å². The fraction of sp³-hybridized carbons (Fsp3) is 0.455. The summed E-state index contributed by atoms with van der Waals surface area (Å²) >= 11 is -1.50. The van der Waals surface area contributed by atoms with Crippen LogP contribution >= 0.6 is 0 Å². The van der Waals surface area contributed by atoms with Gasteiger partial charge in [-0.2, -0.15) is 0 Å². The first-order valence-electron chi connectivity index (χ1n) is 5.33. The van der Waals surface area contributed by atoms with Gasteiger partial charge in [-0.05, 0) is 4.43 Å². The van der Waals surface area contributed by atoms with Crippen LogP contribution < -0.4 is 4.43 Å². The molecule has 0 amide bonds. The number of benzene rings is 1. The van der Waals surface area contributed by atoms with Crippen molar-refractivity contribution in [1.29, 1.82) is 0 Å². The summed E-state index contributed by atoms with van der Waals surface area (Å²) in [6.07, 6.45) is 3.29. The van der Waals surface area contributed by atoms with Crippen LogP contribution in [-0.4, -0.2) is 14.1 Å². The monoisotopic (exact) mass is 228 g/mol. The summed E-state index contributed by atoms with van der Waals surface area (Å²) < 4.78 is 39.8. The second-order valence-corrected chi connectivity index (χ2v) is 7.24. The Kier molecular flexibility index (Phi) is 3.38. The average molecular weight is 228 g/mol. The second-order valence-electron chi connectivity index (χ2n) is 4.12. The molecule has 2 rings (SSSR count). The minimum atomic E-state index is -1.50. The lowest BCUT2D eigenvalue weighted by atomic mass is 10.3. The van der Waals surface area contributed by atoms with E-state index >= 15 is 0 Å². The average Bonchev–Trinajstić information content (AvgIpc) is 2.17. The van der Waals surface area contributed by atoms with Gasteiger partial charge in [0.05, 0.1) is 0 Å². The third-order valence-electron chi connectivity index (χ3n) is 3.06. The molecule has 0 nitrogen and oxygen atoms in total. The quantitative estimate of drug-likeness (QED) is 0.648. The summed E-state index contributed by atoms with van der Waals surface area (Å²) in [5, 5.41) is 1.89. The maximum atomic E-state index is 13.5. The van der Waals surface area contributed by atoms with Crippen molar-refractivity contribution in [2.75, 3.05) is 0 Å². The molecule has 0 N–H and O–H groups in total. The second kappa shape index (κ2) is 4.59. The number of hydrogen-bond acceptors (Lipinski definition) is 0. The standard InChI is InChI=1S/C6H2F3.C5H10.Al/c7-4-1-5(8)3-6(9)2-4;1-3-5-4-2;/h1-2H;1-5H2;. The summed E-state index contributed by atoms with van der Waals surface area (Å²) in [7, 11) is 0. The zero-order valence-electron chi connectivity index (χ0n) is 8.40. The van der Waals surface area contributed by atoms with Gasteiger partial charge in [0.15, 0.2) is 0 Å². The van der Waals surface area contributed by atoms with E-state index in [0.29, 0.717) is 0 Å². The topological polar surface area (TPSA) is 0 Å². The van der Waals surface area contributed by atoms with Crippen LogP contribution in [0.4, 0.5) is 13.2 Å². The fourth-order valence-electron chi connectivity index (χ4n) is 2.33. The van der Waals surface area contributed by atoms with Crippen molar-refractivity contribution in [1.82, 2.24) is 0 Å². The molecular formula is C11H12AlF3. The summed E-state index contributed by atoms with van der Waals surface area (Å²) in [5.41, 5.74) is 0. The first-order valence-corrected chi connectivity index (χ1v) is 7.54. The van der Waals surface area contributed by atoms with Crippen LogP contribution in [0.3, 0.4) is 0 Å². The van der Waals surface area contributed by atoms with Gasteiger partial charge in [-0.25, -0.2) is 13.2 Å². The lowest BCUT2D eigenvalue weighted by molar-refractivity contribution is 0.552. The molecule has 1 saturated heterocycles. The highest BCUT2D eigenvalue weighted by Gasteiger charge is 2.28. The Morgan fingerprint density at radius 1 is 0.867 bits per heavy atom. The molecule has 1 aromatic carbocycles. The van der Waals surface area contributed by atoms with Gasteiger partial charge in [0, 0.05) is 12.1 Å². The fourth-order valence-corrected chi connectivity index (χ4v) is 5.71. The van der Waals surface area contributed by atoms with Crippen LogP contribution in [-0.2, 0) is 0 Å². The highest BCUT2D eigenvalue weighted by atomic mass is 27.2. The van der Waals surface area contributed by atoms with E-state index in [9.17, 15) is 13.2 Å². The van der Waals surface area contributed by atoms with Crippen LogP contribution in [0.5, 0.6) is 0 Å². The van der Waals surface area contributed by atoms with Gasteiger partial charge in [0.25, 0.3) is 0 Å². The number of rotatable bonds is 1. The van der Waals surface area contributed by atoms with E-state index in [2.05, 4.69) is 0 Å². The molecule has 1 fully saturated rings. The maximum Gasteiger partial charge on any atom is 0.315 e. The lowest BCUT2D eigenvalue weighted by Gasteiger charge is -2.18. The Balaban J connectivity index is 2.33. The molecule has 0 bridgehead atoms. The zero-order chi connectivity index (χ0) is 10.8. The Hall–Kier alpha value is -0.458. The zero-order valence-corrected chi connectivity index (χ0v) is 9.56. The summed E-state index contributed by atoms with van der Waals surface area (Å²) in [6, 6.07) is 1.61. The molecular weight excluding hydrogens is 216 g/mol. The van der Waals surface area contributed by atoms with Gasteiger partial charge in [0.2, 0.25) is 0 Å². The molecule has 0 saturated carbocycles. The molecule has 1 heterocycles. The Labute approximate surface area is 91.5 Å². The van der Waals surface area contributed by atoms with E-state index in [1.807, 2.05) is 0 Å². The maximum absolute atomic E-state index is 13.5. The van der Waals surface area contributed by atoms with Gasteiger partial charge in [-0.15, -0.1) is 0 Å². The van der Waals surface area contributed by atoms with E-state index < -0.39 is 31.6 Å². The van der Waals surface area contributed by atoms with Gasteiger partial charge in [-0.3, -0.25) is 0 Å². The smallest absolute Gasteiger partial charge is 0.208 e. The third-order valence-corrected chi connectivity index (χ3v) is 6.64. The van der Waals surface area contributed by atoms with Crippen molar-refractivity contribution in [3.05, 3.63) is 29.6 Å². The molecule has 0 unspecified atom stereocenters. The Morgan fingerprint density at radius 3 is 1.93 bits per heavy atom. The molecule has 15 heavy (non-hydrogen) atoms. The Morgan fingerprint density at radius 2 is 1.40 bits per heavy atom. The normalized spacial score (nSPS) is 16.9. The molecule has 1 aliphatic rings. The van der Waals surface area contributed by atoms with E-state index in [4.69, 9.17) is 0 Å². The molecule has 0 atom stereocenters. The lowest BCUT2D eigenvalue weighted by Crippen LogP contribution is -2.37. The van der Waals surface area contributed by atoms with E-state index in [-0.39, 0.29) is 4.43 Å². The van der Waals surface area contributed by atoms with Gasteiger partial charge < -0.3 is 0 Å². The first-order chi connectivity index (χ1) is 7.18. The van der Waals surface area contributed by atoms with Crippen molar-refractivity contribution in [3.8, 4) is 0 Å². The molecule has 0 radical (unpaired) electrons. The third kappa shape index (κ3) is 2.38. The summed E-state index contributed by atoms with van der Waals surface area (Å²) in [4.78, 5) is 0. The summed E-state index contributed by atoms with van der Waals surface area (Å²) in [6.45, 7) is 0. The van der Waals surface area contributed by atoms with Crippen molar-refractivity contribution < 1.29 is 13.2 Å². The molecule has 0 spiro atoms. The SMILES string of the molecule is Fc1cc(F)[c]([Al]2[CH2]CCC[CH2]2)c(F)c1. The molecule has 0 aliphatic carbocycles. The molecule has 4 heteroatoms. The number of hydrogen-bond donors (Lipinski definition) is 0. The predicted octanol–water partition coefficient (Wildman–Crippen LogP) is 2.99. The van der Waals surface area contributed by atoms with Crippen molar-refractivity contribution in [2.45, 2.75) is 29.8 Å². The minimum absolute atomic E-state index is 0.219. The summed E-state index contributed by atoms with van der Waals surface area (Å²) in [5.74, 6) is -2.17. The molecule has 80 valence electrons. The van der Waals surface area contributed by atoms with Crippen molar-refractivity contribution in [3.63, 3.8) is 0 Å². The van der Waals surface area contributed by atoms with Crippen LogP contribution in [0.1, 0.15) is 19.3 Å². The predicted molar refractivity (Wildman–Crippen MR) is 55.2 cm³/mol. The molecule has 1 aliphatic heterocycles.